The molecule has 0 unspecified atom stereocenters. The molecule has 0 saturated heterocycles. The Hall–Kier alpha value is -1.81. The summed E-state index contributed by atoms with van der Waals surface area (Å²) in [5.41, 5.74) is 2.98. The van der Waals surface area contributed by atoms with Crippen molar-refractivity contribution in [2.24, 2.45) is 0 Å². The summed E-state index contributed by atoms with van der Waals surface area (Å²) in [6.45, 7) is 0. The highest BCUT2D eigenvalue weighted by atomic mass is 35.5. The molecule has 1 aromatic carbocycles. The van der Waals surface area contributed by atoms with Crippen LogP contribution in [-0.2, 0) is 6.42 Å². The summed E-state index contributed by atoms with van der Waals surface area (Å²) in [7, 11) is 4.02. The summed E-state index contributed by atoms with van der Waals surface area (Å²) in [5.74, 6) is 1.52. The normalized spacial score (nSPS) is 11.3. The summed E-state index contributed by atoms with van der Waals surface area (Å²) in [5, 5.41) is 3.14. The van der Waals surface area contributed by atoms with E-state index in [9.17, 15) is 0 Å². The lowest BCUT2D eigenvalue weighted by atomic mass is 10.2. The van der Waals surface area contributed by atoms with E-state index < -0.39 is 0 Å². The van der Waals surface area contributed by atoms with Gasteiger partial charge in [0.25, 0.3) is 0 Å². The van der Waals surface area contributed by atoms with Crippen molar-refractivity contribution in [1.29, 1.82) is 0 Å². The molecule has 0 radical (unpaired) electrons. The van der Waals surface area contributed by atoms with Gasteiger partial charge in [-0.05, 0) is 6.07 Å². The van der Waals surface area contributed by atoms with Crippen LogP contribution in [0.5, 0.6) is 0 Å². The molecular formula is C14H15ClN4. The number of pyridine rings is 1. The van der Waals surface area contributed by atoms with E-state index in [1.54, 1.807) is 0 Å². The van der Waals surface area contributed by atoms with Gasteiger partial charge in [0, 0.05) is 31.8 Å². The van der Waals surface area contributed by atoms with Gasteiger partial charge >= 0.3 is 0 Å². The van der Waals surface area contributed by atoms with Gasteiger partial charge in [-0.3, -0.25) is 4.98 Å². The molecular weight excluding hydrogens is 260 g/mol. The van der Waals surface area contributed by atoms with Crippen LogP contribution in [-0.4, -0.2) is 34.6 Å². The van der Waals surface area contributed by atoms with Crippen molar-refractivity contribution < 1.29 is 0 Å². The number of para-hydroxylation sites is 1. The zero-order valence-corrected chi connectivity index (χ0v) is 11.7. The standard InChI is InChI=1S/C14H15ClN4/c1-18(2)19-13(7-8-15)17-12-9-16-11-6-4-3-5-10(11)14(12)19/h3-6,9H,7-8H2,1-2H3. The number of rotatable bonds is 3. The SMILES string of the molecule is CN(C)n1c(CCCl)nc2cnc3ccccc3c21. The molecule has 5 heteroatoms. The van der Waals surface area contributed by atoms with Gasteiger partial charge in [0.2, 0.25) is 0 Å². The summed E-state index contributed by atoms with van der Waals surface area (Å²) in [4.78, 5) is 9.10. The van der Waals surface area contributed by atoms with E-state index in [1.807, 2.05) is 43.5 Å². The molecule has 2 heterocycles. The van der Waals surface area contributed by atoms with Gasteiger partial charge in [-0.1, -0.05) is 18.2 Å². The topological polar surface area (TPSA) is 34.0 Å². The smallest absolute Gasteiger partial charge is 0.130 e. The monoisotopic (exact) mass is 274 g/mol. The van der Waals surface area contributed by atoms with Crippen molar-refractivity contribution in [3.8, 4) is 0 Å². The molecule has 0 aliphatic rings. The minimum atomic E-state index is 0.558. The molecule has 0 aliphatic heterocycles. The van der Waals surface area contributed by atoms with E-state index >= 15 is 0 Å². The predicted octanol–water partition coefficient (Wildman–Crippen LogP) is 2.56. The number of hydrogen-bond acceptors (Lipinski definition) is 3. The second kappa shape index (κ2) is 4.70. The average Bonchev–Trinajstić information content (AvgIpc) is 2.77. The van der Waals surface area contributed by atoms with Crippen LogP contribution in [0.15, 0.2) is 30.5 Å². The van der Waals surface area contributed by atoms with Crippen molar-refractivity contribution in [2.45, 2.75) is 6.42 Å². The van der Waals surface area contributed by atoms with Crippen LogP contribution < -0.4 is 5.01 Å². The lowest BCUT2D eigenvalue weighted by molar-refractivity contribution is 0.704. The van der Waals surface area contributed by atoms with Gasteiger partial charge in [-0.15, -0.1) is 11.6 Å². The highest BCUT2D eigenvalue weighted by molar-refractivity contribution is 6.18. The molecule has 0 spiro atoms. The van der Waals surface area contributed by atoms with Crippen molar-refractivity contribution >= 4 is 33.5 Å². The number of benzene rings is 1. The number of alkyl halides is 1. The first-order valence-corrected chi connectivity index (χ1v) is 6.74. The maximum Gasteiger partial charge on any atom is 0.130 e. The first-order chi connectivity index (χ1) is 9.22. The molecule has 3 rings (SSSR count). The maximum atomic E-state index is 5.87. The quantitative estimate of drug-likeness (QED) is 0.689. The van der Waals surface area contributed by atoms with E-state index in [2.05, 4.69) is 20.7 Å². The molecule has 0 bridgehead atoms. The van der Waals surface area contributed by atoms with E-state index in [0.717, 1.165) is 34.2 Å². The molecule has 0 N–H and O–H groups in total. The lowest BCUT2D eigenvalue weighted by Gasteiger charge is -2.18. The molecule has 0 amide bonds. The molecule has 0 atom stereocenters. The third-order valence-electron chi connectivity index (χ3n) is 3.15. The number of hydrogen-bond donors (Lipinski definition) is 0. The number of aromatic nitrogens is 3. The number of halogens is 1. The lowest BCUT2D eigenvalue weighted by Crippen LogP contribution is -2.27. The number of aryl methyl sites for hydroxylation is 1. The Morgan fingerprint density at radius 2 is 2.00 bits per heavy atom. The third kappa shape index (κ3) is 1.92. The molecule has 98 valence electrons. The highest BCUT2D eigenvalue weighted by Crippen LogP contribution is 2.24. The minimum absolute atomic E-state index is 0.558. The summed E-state index contributed by atoms with van der Waals surface area (Å²) in [6, 6.07) is 8.12. The third-order valence-corrected chi connectivity index (χ3v) is 3.34. The van der Waals surface area contributed by atoms with Crippen molar-refractivity contribution in [2.75, 3.05) is 25.0 Å². The largest absolute Gasteiger partial charge is 0.317 e. The Morgan fingerprint density at radius 1 is 1.21 bits per heavy atom. The van der Waals surface area contributed by atoms with E-state index in [4.69, 9.17) is 11.6 Å². The molecule has 0 aliphatic carbocycles. The van der Waals surface area contributed by atoms with Gasteiger partial charge in [0.1, 0.15) is 16.9 Å². The molecule has 0 fully saturated rings. The van der Waals surface area contributed by atoms with Crippen LogP contribution in [0.2, 0.25) is 0 Å². The average molecular weight is 275 g/mol. The first-order valence-electron chi connectivity index (χ1n) is 6.21. The van der Waals surface area contributed by atoms with Gasteiger partial charge in [-0.25, -0.2) is 9.66 Å². The van der Waals surface area contributed by atoms with Crippen LogP contribution in [0.3, 0.4) is 0 Å². The molecule has 4 nitrogen and oxygen atoms in total. The van der Waals surface area contributed by atoms with Crippen LogP contribution in [0.25, 0.3) is 21.9 Å². The second-order valence-corrected chi connectivity index (χ2v) is 5.01. The summed E-state index contributed by atoms with van der Waals surface area (Å²) >= 11 is 5.87. The maximum absolute atomic E-state index is 5.87. The van der Waals surface area contributed by atoms with Crippen molar-refractivity contribution in [3.63, 3.8) is 0 Å². The van der Waals surface area contributed by atoms with Crippen LogP contribution in [0.1, 0.15) is 5.82 Å². The number of nitrogens with zero attached hydrogens (tertiary/aromatic N) is 4. The Morgan fingerprint density at radius 3 is 2.74 bits per heavy atom. The fraction of sp³-hybridized carbons (Fsp3) is 0.286. The molecule has 19 heavy (non-hydrogen) atoms. The Balaban J connectivity index is 2.42. The summed E-state index contributed by atoms with van der Waals surface area (Å²) < 4.78 is 2.11. The Bertz CT molecular complexity index is 733. The van der Waals surface area contributed by atoms with Crippen LogP contribution in [0.4, 0.5) is 0 Å². The zero-order chi connectivity index (χ0) is 13.4. The Kier molecular flexibility index (Phi) is 3.03. The van der Waals surface area contributed by atoms with Crippen molar-refractivity contribution in [3.05, 3.63) is 36.3 Å². The van der Waals surface area contributed by atoms with E-state index in [0.29, 0.717) is 5.88 Å². The van der Waals surface area contributed by atoms with Gasteiger partial charge < -0.3 is 5.01 Å². The summed E-state index contributed by atoms with van der Waals surface area (Å²) in [6.07, 6.45) is 2.57. The van der Waals surface area contributed by atoms with Gasteiger partial charge in [0.15, 0.2) is 0 Å². The van der Waals surface area contributed by atoms with Crippen molar-refractivity contribution in [1.82, 2.24) is 14.6 Å². The van der Waals surface area contributed by atoms with Crippen LogP contribution in [0, 0.1) is 0 Å². The van der Waals surface area contributed by atoms with E-state index in [-0.39, 0.29) is 0 Å². The molecule has 2 aromatic heterocycles. The zero-order valence-electron chi connectivity index (χ0n) is 11.0. The van der Waals surface area contributed by atoms with Gasteiger partial charge in [0.05, 0.1) is 11.7 Å². The first kappa shape index (κ1) is 12.2. The number of fused-ring (bicyclic) bond motifs is 3. The fourth-order valence-corrected chi connectivity index (χ4v) is 2.58. The number of imidazole rings is 1. The fourth-order valence-electron chi connectivity index (χ4n) is 2.41. The molecule has 0 saturated carbocycles. The predicted molar refractivity (Wildman–Crippen MR) is 79.5 cm³/mol. The second-order valence-electron chi connectivity index (χ2n) is 4.64. The van der Waals surface area contributed by atoms with E-state index in [1.165, 1.54) is 0 Å². The van der Waals surface area contributed by atoms with Crippen LogP contribution >= 0.6 is 11.6 Å². The van der Waals surface area contributed by atoms with Gasteiger partial charge in [-0.2, -0.15) is 0 Å². The minimum Gasteiger partial charge on any atom is -0.317 e. The Labute approximate surface area is 116 Å². The molecule has 3 aromatic rings. The highest BCUT2D eigenvalue weighted by Gasteiger charge is 2.14.